The van der Waals surface area contributed by atoms with E-state index in [1.165, 1.54) is 5.92 Å². The smallest absolute Gasteiger partial charge is 0.206 e. The highest BCUT2D eigenvalue weighted by atomic mass is 19.4. The van der Waals surface area contributed by atoms with Crippen LogP contribution in [-0.2, 0) is 6.42 Å². The van der Waals surface area contributed by atoms with Gasteiger partial charge in [-0.1, -0.05) is 12.8 Å². The third-order valence-electron chi connectivity index (χ3n) is 4.50. The van der Waals surface area contributed by atoms with Crippen molar-refractivity contribution in [2.45, 2.75) is 19.5 Å². The average molecular weight is 458 g/mol. The Morgan fingerprint density at radius 1 is 0.625 bits per heavy atom. The first-order valence-electron chi connectivity index (χ1n) is 8.98. The first kappa shape index (κ1) is 23.3. The zero-order valence-corrected chi connectivity index (χ0v) is 16.1. The van der Waals surface area contributed by atoms with Crippen LogP contribution in [-0.4, -0.2) is 6.18 Å². The van der Waals surface area contributed by atoms with Crippen LogP contribution in [0.25, 0.3) is 22.3 Å². The highest BCUT2D eigenvalue weighted by Gasteiger charge is 2.24. The Balaban J connectivity index is 2.11. The van der Waals surface area contributed by atoms with Crippen molar-refractivity contribution in [2.24, 2.45) is 0 Å². The van der Waals surface area contributed by atoms with Crippen molar-refractivity contribution in [2.75, 3.05) is 0 Å². The second-order valence-corrected chi connectivity index (χ2v) is 6.67. The fourth-order valence-corrected chi connectivity index (χ4v) is 3.07. The van der Waals surface area contributed by atoms with Crippen molar-refractivity contribution in [1.29, 1.82) is 0 Å². The van der Waals surface area contributed by atoms with Crippen molar-refractivity contribution in [3.8, 4) is 34.1 Å². The van der Waals surface area contributed by atoms with Gasteiger partial charge in [0.1, 0.15) is 34.9 Å². The van der Waals surface area contributed by atoms with Gasteiger partial charge in [0.05, 0.1) is 16.7 Å². The van der Waals surface area contributed by atoms with Gasteiger partial charge in [-0.15, -0.1) is 0 Å². The molecule has 0 unspecified atom stereocenters. The molecule has 0 N–H and O–H groups in total. The van der Waals surface area contributed by atoms with Gasteiger partial charge in [0.2, 0.25) is 0 Å². The van der Waals surface area contributed by atoms with E-state index in [4.69, 9.17) is 0 Å². The second kappa shape index (κ2) is 8.61. The van der Waals surface area contributed by atoms with Crippen LogP contribution in [0.15, 0.2) is 36.4 Å². The molecule has 0 saturated carbocycles. The first-order valence-corrected chi connectivity index (χ1v) is 8.98. The van der Waals surface area contributed by atoms with E-state index in [0.717, 1.165) is 12.1 Å². The van der Waals surface area contributed by atoms with Crippen molar-refractivity contribution in [3.63, 3.8) is 0 Å². The van der Waals surface area contributed by atoms with E-state index in [0.29, 0.717) is 42.2 Å². The molecule has 0 aromatic heterocycles. The lowest BCUT2D eigenvalue weighted by Crippen LogP contribution is -2.03. The third-order valence-corrected chi connectivity index (χ3v) is 4.50. The minimum atomic E-state index is -5.01. The van der Waals surface area contributed by atoms with Gasteiger partial charge in [0.25, 0.3) is 0 Å². The van der Waals surface area contributed by atoms with Crippen LogP contribution in [0.5, 0.6) is 0 Å². The van der Waals surface area contributed by atoms with Gasteiger partial charge in [-0.2, -0.15) is 13.2 Å². The first-order chi connectivity index (χ1) is 14.9. The summed E-state index contributed by atoms with van der Waals surface area (Å²) in [6.07, 6.45) is -4.69. The third kappa shape index (κ3) is 4.74. The largest absolute Gasteiger partial charge is 0.458 e. The molecule has 0 amide bonds. The summed E-state index contributed by atoms with van der Waals surface area (Å²) in [6.45, 7) is 1.65. The number of aryl methyl sites for hydroxylation is 1. The number of benzene rings is 3. The predicted octanol–water partition coefficient (Wildman–Crippen LogP) is 7.33. The van der Waals surface area contributed by atoms with Gasteiger partial charge in [0, 0.05) is 5.92 Å². The van der Waals surface area contributed by atoms with E-state index in [-0.39, 0.29) is 0 Å². The molecular weight excluding hydrogens is 447 g/mol. The summed E-state index contributed by atoms with van der Waals surface area (Å²) in [4.78, 5) is 0. The van der Waals surface area contributed by atoms with E-state index < -0.39 is 68.9 Å². The van der Waals surface area contributed by atoms with Crippen molar-refractivity contribution in [3.05, 3.63) is 82.4 Å². The van der Waals surface area contributed by atoms with Gasteiger partial charge < -0.3 is 0 Å². The Kier molecular flexibility index (Phi) is 6.26. The molecule has 0 nitrogen and oxygen atoms in total. The normalized spacial score (nSPS) is 11.3. The zero-order valence-electron chi connectivity index (χ0n) is 16.1. The number of alkyl halides is 3. The predicted molar refractivity (Wildman–Crippen MR) is 99.4 cm³/mol. The summed E-state index contributed by atoms with van der Waals surface area (Å²) in [5, 5.41) is 0. The molecule has 0 radical (unpaired) electrons. The molecule has 0 aliphatic heterocycles. The van der Waals surface area contributed by atoms with E-state index in [1.54, 1.807) is 6.92 Å². The summed E-state index contributed by atoms with van der Waals surface area (Å²) in [6, 6.07) is 3.99. The topological polar surface area (TPSA) is 0 Å². The molecule has 9 heteroatoms. The fraction of sp³-hybridized carbons (Fsp3) is 0.130. The van der Waals surface area contributed by atoms with Crippen LogP contribution >= 0.6 is 0 Å². The molecular formula is C23H11F9. The molecule has 0 atom stereocenters. The van der Waals surface area contributed by atoms with Crippen LogP contribution in [0, 0.1) is 46.7 Å². The van der Waals surface area contributed by atoms with Gasteiger partial charge >= 0.3 is 6.18 Å². The highest BCUT2D eigenvalue weighted by Crippen LogP contribution is 2.35. The summed E-state index contributed by atoms with van der Waals surface area (Å²) in [7, 11) is 0. The molecule has 0 aliphatic carbocycles. The van der Waals surface area contributed by atoms with E-state index in [9.17, 15) is 39.5 Å². The lowest BCUT2D eigenvalue weighted by molar-refractivity contribution is -0.0696. The maximum atomic E-state index is 14.7. The molecule has 3 aromatic rings. The van der Waals surface area contributed by atoms with Crippen molar-refractivity contribution in [1.82, 2.24) is 0 Å². The molecule has 0 saturated heterocycles. The van der Waals surface area contributed by atoms with Gasteiger partial charge in [0.15, 0.2) is 0 Å². The Morgan fingerprint density at radius 2 is 1.00 bits per heavy atom. The maximum Gasteiger partial charge on any atom is 0.458 e. The second-order valence-electron chi connectivity index (χ2n) is 6.67. The molecule has 32 heavy (non-hydrogen) atoms. The molecule has 0 fully saturated rings. The molecule has 0 heterocycles. The zero-order chi connectivity index (χ0) is 23.8. The van der Waals surface area contributed by atoms with Gasteiger partial charge in [-0.05, 0) is 59.5 Å². The number of halogens is 9. The van der Waals surface area contributed by atoms with E-state index in [2.05, 4.69) is 0 Å². The summed E-state index contributed by atoms with van der Waals surface area (Å²) in [5.41, 5.74) is -3.71. The lowest BCUT2D eigenvalue weighted by Gasteiger charge is -2.12. The molecule has 3 rings (SSSR count). The molecule has 166 valence electrons. The van der Waals surface area contributed by atoms with Crippen LogP contribution in [0.4, 0.5) is 39.5 Å². The van der Waals surface area contributed by atoms with Crippen LogP contribution < -0.4 is 0 Å². The Hall–Kier alpha value is -3.41. The monoisotopic (exact) mass is 458 g/mol. The Bertz CT molecular complexity index is 1190. The Labute approximate surface area is 176 Å². The molecule has 0 aliphatic rings. The number of hydrogen-bond donors (Lipinski definition) is 0. The van der Waals surface area contributed by atoms with Crippen molar-refractivity contribution < 1.29 is 39.5 Å². The van der Waals surface area contributed by atoms with E-state index in [1.807, 2.05) is 0 Å². The van der Waals surface area contributed by atoms with Crippen LogP contribution in [0.3, 0.4) is 0 Å². The van der Waals surface area contributed by atoms with Gasteiger partial charge in [-0.3, -0.25) is 0 Å². The minimum absolute atomic E-state index is 0.316. The van der Waals surface area contributed by atoms with E-state index >= 15 is 0 Å². The standard InChI is InChI=1S/C23H11F9/c1-2-11-5-17(26)21(18(27)6-11)13-9-19(28)22(20(29)10-13)12-7-15(24)14(16(25)8-12)3-4-23(30,31)32/h5-10H,2H2,1H3. The fourth-order valence-electron chi connectivity index (χ4n) is 3.07. The number of hydrogen-bond acceptors (Lipinski definition) is 0. The molecule has 3 aromatic carbocycles. The summed E-state index contributed by atoms with van der Waals surface area (Å²) < 4.78 is 123. The minimum Gasteiger partial charge on any atom is -0.206 e. The van der Waals surface area contributed by atoms with Crippen LogP contribution in [0.1, 0.15) is 18.1 Å². The highest BCUT2D eigenvalue weighted by molar-refractivity contribution is 5.73. The summed E-state index contributed by atoms with van der Waals surface area (Å²) >= 11 is 0. The average Bonchev–Trinajstić information content (AvgIpc) is 2.65. The molecule has 0 bridgehead atoms. The molecule has 0 spiro atoms. The Morgan fingerprint density at radius 3 is 1.38 bits per heavy atom. The quantitative estimate of drug-likeness (QED) is 0.285. The maximum absolute atomic E-state index is 14.7. The van der Waals surface area contributed by atoms with Crippen molar-refractivity contribution >= 4 is 0 Å². The summed E-state index contributed by atoms with van der Waals surface area (Å²) in [5.74, 6) is -6.08. The van der Waals surface area contributed by atoms with Crippen LogP contribution in [0.2, 0.25) is 0 Å². The lowest BCUT2D eigenvalue weighted by atomic mass is 9.96. The SMILES string of the molecule is CCc1cc(F)c(-c2cc(F)c(-c3cc(F)c(C#CC(F)(F)F)c(F)c3)c(F)c2)c(F)c1. The van der Waals surface area contributed by atoms with Gasteiger partial charge in [-0.25, -0.2) is 26.3 Å². The number of rotatable bonds is 3.